The van der Waals surface area contributed by atoms with Gasteiger partial charge in [0.25, 0.3) is 0 Å². The zero-order chi connectivity index (χ0) is 15.4. The molecule has 0 amide bonds. The third-order valence-corrected chi connectivity index (χ3v) is 4.20. The summed E-state index contributed by atoms with van der Waals surface area (Å²) < 4.78 is 24.3. The van der Waals surface area contributed by atoms with Gasteiger partial charge in [-0.05, 0) is 23.8 Å². The molecule has 2 aromatic carbocycles. The van der Waals surface area contributed by atoms with Gasteiger partial charge >= 0.3 is 0 Å². The van der Waals surface area contributed by atoms with Crippen LogP contribution in [-0.4, -0.2) is 7.11 Å². The second kappa shape index (κ2) is 7.34. The van der Waals surface area contributed by atoms with Crippen molar-refractivity contribution >= 4 is 39.1 Å². The highest BCUT2D eigenvalue weighted by Gasteiger charge is 2.13. The highest BCUT2D eigenvalue weighted by molar-refractivity contribution is 9.08. The Kier molecular flexibility index (Phi) is 5.73. The van der Waals surface area contributed by atoms with E-state index >= 15 is 0 Å². The molecule has 21 heavy (non-hydrogen) atoms. The molecular weight excluding hydrogens is 382 g/mol. The topological polar surface area (TPSA) is 18.5 Å². The van der Waals surface area contributed by atoms with Gasteiger partial charge < -0.3 is 9.47 Å². The van der Waals surface area contributed by atoms with Gasteiger partial charge in [0.15, 0.2) is 11.5 Å². The Balaban J connectivity index is 2.25. The summed E-state index contributed by atoms with van der Waals surface area (Å²) in [5.74, 6) is 0.444. The molecule has 112 valence electrons. The van der Waals surface area contributed by atoms with Crippen LogP contribution in [-0.2, 0) is 11.9 Å². The van der Waals surface area contributed by atoms with Crippen molar-refractivity contribution in [3.05, 3.63) is 57.3 Å². The molecule has 0 saturated heterocycles. The van der Waals surface area contributed by atoms with E-state index in [2.05, 4.69) is 15.9 Å². The molecule has 0 bridgehead atoms. The number of alkyl halides is 1. The van der Waals surface area contributed by atoms with Crippen LogP contribution in [0.25, 0.3) is 0 Å². The van der Waals surface area contributed by atoms with Crippen molar-refractivity contribution in [3.8, 4) is 11.5 Å². The Morgan fingerprint density at radius 2 is 2.00 bits per heavy atom. The minimum absolute atomic E-state index is 0.0460. The van der Waals surface area contributed by atoms with Gasteiger partial charge in [-0.15, -0.1) is 0 Å². The lowest BCUT2D eigenvalue weighted by Crippen LogP contribution is -2.00. The summed E-state index contributed by atoms with van der Waals surface area (Å²) in [6, 6.07) is 8.17. The maximum atomic E-state index is 13.4. The van der Waals surface area contributed by atoms with E-state index in [4.69, 9.17) is 32.7 Å². The lowest BCUT2D eigenvalue weighted by atomic mass is 10.2. The largest absolute Gasteiger partial charge is 0.493 e. The fourth-order valence-corrected chi connectivity index (χ4v) is 2.59. The normalized spacial score (nSPS) is 10.5. The molecule has 0 saturated carbocycles. The van der Waals surface area contributed by atoms with E-state index in [1.165, 1.54) is 13.2 Å². The van der Waals surface area contributed by atoms with E-state index in [1.807, 2.05) is 6.07 Å². The van der Waals surface area contributed by atoms with Crippen molar-refractivity contribution in [1.82, 2.24) is 0 Å². The molecule has 0 radical (unpaired) electrons. The fraction of sp³-hybridized carbons (Fsp3) is 0.200. The summed E-state index contributed by atoms with van der Waals surface area (Å²) in [6.45, 7) is 0.0976. The first kappa shape index (κ1) is 16.4. The molecule has 2 nitrogen and oxygen atoms in total. The van der Waals surface area contributed by atoms with Crippen LogP contribution in [0.2, 0.25) is 10.0 Å². The minimum Gasteiger partial charge on any atom is -0.493 e. The maximum absolute atomic E-state index is 13.4. The quantitative estimate of drug-likeness (QED) is 0.614. The predicted octanol–water partition coefficient (Wildman–Crippen LogP) is 5.62. The van der Waals surface area contributed by atoms with Crippen molar-refractivity contribution in [2.24, 2.45) is 0 Å². The predicted molar refractivity (Wildman–Crippen MR) is 86.4 cm³/mol. The van der Waals surface area contributed by atoms with Crippen molar-refractivity contribution in [1.29, 1.82) is 0 Å². The number of hydrogen-bond donors (Lipinski definition) is 0. The molecule has 0 aromatic heterocycles. The number of hydrogen-bond acceptors (Lipinski definition) is 2. The van der Waals surface area contributed by atoms with E-state index in [1.54, 1.807) is 18.2 Å². The Hall–Kier alpha value is -0.970. The van der Waals surface area contributed by atoms with E-state index in [9.17, 15) is 4.39 Å². The third kappa shape index (κ3) is 3.82. The zero-order valence-electron chi connectivity index (χ0n) is 11.1. The molecule has 0 heterocycles. The number of ether oxygens (including phenoxy) is 2. The van der Waals surface area contributed by atoms with Crippen LogP contribution in [0.3, 0.4) is 0 Å². The second-order valence-corrected chi connectivity index (χ2v) is 5.59. The summed E-state index contributed by atoms with van der Waals surface area (Å²) in [4.78, 5) is 0. The smallest absolute Gasteiger partial charge is 0.180 e. The lowest BCUT2D eigenvalue weighted by molar-refractivity contribution is 0.284. The van der Waals surface area contributed by atoms with Gasteiger partial charge in [0, 0.05) is 10.9 Å². The van der Waals surface area contributed by atoms with Crippen molar-refractivity contribution in [3.63, 3.8) is 0 Å². The minimum atomic E-state index is -0.481. The van der Waals surface area contributed by atoms with Crippen LogP contribution in [0.15, 0.2) is 30.3 Å². The number of methoxy groups -OCH3 is 1. The van der Waals surface area contributed by atoms with Crippen molar-refractivity contribution < 1.29 is 13.9 Å². The number of rotatable bonds is 5. The highest BCUT2D eigenvalue weighted by atomic mass is 79.9. The average Bonchev–Trinajstić information content (AvgIpc) is 2.49. The number of halogens is 4. The Morgan fingerprint density at radius 3 is 2.67 bits per heavy atom. The van der Waals surface area contributed by atoms with Crippen LogP contribution in [0.1, 0.15) is 11.1 Å². The Morgan fingerprint density at radius 1 is 1.24 bits per heavy atom. The van der Waals surface area contributed by atoms with Crippen LogP contribution in [0, 0.1) is 5.82 Å². The molecule has 2 rings (SSSR count). The monoisotopic (exact) mass is 392 g/mol. The van der Waals surface area contributed by atoms with Gasteiger partial charge in [-0.1, -0.05) is 51.3 Å². The van der Waals surface area contributed by atoms with Gasteiger partial charge in [0.1, 0.15) is 12.4 Å². The molecule has 0 N–H and O–H groups in total. The zero-order valence-corrected chi connectivity index (χ0v) is 14.2. The van der Waals surface area contributed by atoms with Crippen LogP contribution < -0.4 is 9.47 Å². The van der Waals surface area contributed by atoms with Crippen LogP contribution >= 0.6 is 39.1 Å². The Bertz CT molecular complexity index is 650. The average molecular weight is 394 g/mol. The van der Waals surface area contributed by atoms with E-state index in [-0.39, 0.29) is 11.6 Å². The summed E-state index contributed by atoms with van der Waals surface area (Å²) >= 11 is 15.5. The first-order chi connectivity index (χ1) is 10.1. The third-order valence-electron chi connectivity index (χ3n) is 2.85. The lowest BCUT2D eigenvalue weighted by Gasteiger charge is -2.14. The van der Waals surface area contributed by atoms with Gasteiger partial charge in [-0.25, -0.2) is 4.39 Å². The van der Waals surface area contributed by atoms with Gasteiger partial charge in [-0.3, -0.25) is 0 Å². The van der Waals surface area contributed by atoms with Crippen LogP contribution in [0.5, 0.6) is 11.5 Å². The fourth-order valence-electron chi connectivity index (χ4n) is 1.80. The first-order valence-corrected chi connectivity index (χ1v) is 7.92. The van der Waals surface area contributed by atoms with Crippen molar-refractivity contribution in [2.75, 3.05) is 7.11 Å². The molecule has 0 atom stereocenters. The van der Waals surface area contributed by atoms with Crippen LogP contribution in [0.4, 0.5) is 4.39 Å². The summed E-state index contributed by atoms with van der Waals surface area (Å²) in [5, 5.41) is 1.13. The molecule has 0 fully saturated rings. The molecule has 0 aliphatic carbocycles. The molecule has 2 aromatic rings. The molecule has 6 heteroatoms. The van der Waals surface area contributed by atoms with Crippen molar-refractivity contribution in [2.45, 2.75) is 11.9 Å². The molecular formula is C15H12BrCl2FO2. The maximum Gasteiger partial charge on any atom is 0.180 e. The summed E-state index contributed by atoms with van der Waals surface area (Å²) in [6.07, 6.45) is 0. The summed E-state index contributed by atoms with van der Waals surface area (Å²) in [7, 11) is 1.53. The van der Waals surface area contributed by atoms with E-state index in [0.29, 0.717) is 27.4 Å². The van der Waals surface area contributed by atoms with Gasteiger partial charge in [0.05, 0.1) is 17.2 Å². The van der Waals surface area contributed by atoms with E-state index < -0.39 is 5.82 Å². The second-order valence-electron chi connectivity index (χ2n) is 4.24. The van der Waals surface area contributed by atoms with Gasteiger partial charge in [-0.2, -0.15) is 0 Å². The Labute approximate surface area is 140 Å². The van der Waals surface area contributed by atoms with Gasteiger partial charge in [0.2, 0.25) is 0 Å². The SMILES string of the molecule is COc1cc(CBr)cc(Cl)c1OCc1cccc(F)c1Cl. The standard InChI is InChI=1S/C15H12BrCl2FO2/c1-20-13-6-9(7-16)5-11(17)15(13)21-8-10-3-2-4-12(19)14(10)18/h2-6H,7-8H2,1H3. The molecule has 0 aliphatic rings. The summed E-state index contributed by atoms with van der Waals surface area (Å²) in [5.41, 5.74) is 1.51. The molecule has 0 unspecified atom stereocenters. The highest BCUT2D eigenvalue weighted by Crippen LogP contribution is 2.37. The van der Waals surface area contributed by atoms with E-state index in [0.717, 1.165) is 5.56 Å². The molecule has 0 spiro atoms. The molecule has 0 aliphatic heterocycles. The number of benzene rings is 2. The first-order valence-electron chi connectivity index (χ1n) is 6.05.